The van der Waals surface area contributed by atoms with E-state index < -0.39 is 23.5 Å². The van der Waals surface area contributed by atoms with Crippen LogP contribution in [0.2, 0.25) is 0 Å². The average molecular weight is 592 g/mol. The molecule has 0 radical (unpaired) electrons. The summed E-state index contributed by atoms with van der Waals surface area (Å²) in [7, 11) is 0. The highest BCUT2D eigenvalue weighted by atomic mass is 16.6. The molecule has 1 saturated heterocycles. The molecule has 2 atom stereocenters. The fourth-order valence-corrected chi connectivity index (χ4v) is 5.22. The van der Waals surface area contributed by atoms with Crippen molar-refractivity contribution in [1.82, 2.24) is 14.8 Å². The lowest BCUT2D eigenvalue weighted by Gasteiger charge is -2.41. The number of aromatic nitrogens is 1. The van der Waals surface area contributed by atoms with Crippen LogP contribution in [0.25, 0.3) is 0 Å². The number of pyridine rings is 1. The largest absolute Gasteiger partial charge is 0.445 e. The smallest absolute Gasteiger partial charge is 0.413 e. The number of aryl methyl sites for hydroxylation is 1. The van der Waals surface area contributed by atoms with Gasteiger partial charge in [-0.2, -0.15) is 0 Å². The van der Waals surface area contributed by atoms with Gasteiger partial charge in [0.1, 0.15) is 18.0 Å². The second-order valence-corrected chi connectivity index (χ2v) is 12.1. The van der Waals surface area contributed by atoms with Crippen LogP contribution in [0, 0.1) is 12.8 Å². The van der Waals surface area contributed by atoms with Crippen LogP contribution in [-0.4, -0.2) is 70.1 Å². The van der Waals surface area contributed by atoms with Crippen molar-refractivity contribution in [3.8, 4) is 0 Å². The molecule has 230 valence electrons. The van der Waals surface area contributed by atoms with Gasteiger partial charge >= 0.3 is 24.0 Å². The Balaban J connectivity index is 1.36. The summed E-state index contributed by atoms with van der Waals surface area (Å²) in [6, 6.07) is 11.0. The predicted octanol–water partition coefficient (Wildman–Crippen LogP) is 5.27. The fourth-order valence-electron chi connectivity index (χ4n) is 5.22. The Morgan fingerprint density at radius 3 is 2.47 bits per heavy atom. The maximum Gasteiger partial charge on any atom is 0.413 e. The number of benzene rings is 1. The molecule has 11 heteroatoms. The summed E-state index contributed by atoms with van der Waals surface area (Å²) in [5, 5.41) is 5.26. The van der Waals surface area contributed by atoms with Crippen molar-refractivity contribution in [2.24, 2.45) is 5.92 Å². The lowest BCUT2D eigenvalue weighted by Crippen LogP contribution is -2.52. The van der Waals surface area contributed by atoms with Crippen LogP contribution < -0.4 is 10.6 Å². The third-order valence-corrected chi connectivity index (χ3v) is 7.36. The Kier molecular flexibility index (Phi) is 10.1. The summed E-state index contributed by atoms with van der Waals surface area (Å²) >= 11 is 0. The number of nitrogens with zero attached hydrogens (tertiary/aromatic N) is 3. The first-order valence-electron chi connectivity index (χ1n) is 14.6. The Labute approximate surface area is 252 Å². The van der Waals surface area contributed by atoms with E-state index in [1.807, 2.05) is 36.4 Å². The quantitative estimate of drug-likeness (QED) is 0.358. The zero-order valence-corrected chi connectivity index (χ0v) is 25.5. The normalized spacial score (nSPS) is 18.8. The molecular weight excluding hydrogens is 550 g/mol. The zero-order valence-electron chi connectivity index (χ0n) is 25.5. The third kappa shape index (κ3) is 8.79. The molecule has 11 nitrogen and oxygen atoms in total. The summed E-state index contributed by atoms with van der Waals surface area (Å²) in [5.41, 5.74) is 2.26. The molecule has 0 spiro atoms. The number of ether oxygens (including phenoxy) is 2. The third-order valence-electron chi connectivity index (χ3n) is 7.36. The van der Waals surface area contributed by atoms with Crippen molar-refractivity contribution in [3.63, 3.8) is 0 Å². The second-order valence-electron chi connectivity index (χ2n) is 12.1. The van der Waals surface area contributed by atoms with Crippen molar-refractivity contribution in [2.45, 2.75) is 72.1 Å². The van der Waals surface area contributed by atoms with Crippen molar-refractivity contribution in [1.29, 1.82) is 0 Å². The van der Waals surface area contributed by atoms with Crippen LogP contribution in [0.3, 0.4) is 0 Å². The fraction of sp³-hybridized carbons (Fsp3) is 0.469. The number of rotatable bonds is 5. The maximum absolute atomic E-state index is 13.4. The van der Waals surface area contributed by atoms with Crippen LogP contribution in [0.4, 0.5) is 21.1 Å². The van der Waals surface area contributed by atoms with E-state index in [1.165, 1.54) is 6.20 Å². The number of hydrogen-bond acceptors (Lipinski definition) is 7. The number of likely N-dealkylation sites (tertiary alicyclic amines) is 1. The van der Waals surface area contributed by atoms with Gasteiger partial charge in [-0.3, -0.25) is 14.9 Å². The van der Waals surface area contributed by atoms with Gasteiger partial charge in [-0.25, -0.2) is 14.6 Å². The minimum Gasteiger partial charge on any atom is -0.445 e. The molecular formula is C32H41N5O6. The first-order valence-corrected chi connectivity index (χ1v) is 14.6. The molecule has 4 amide bonds. The molecule has 2 aliphatic rings. The Bertz CT molecular complexity index is 1370. The molecule has 2 N–H and O–H groups in total. The van der Waals surface area contributed by atoms with Crippen LogP contribution in [0.5, 0.6) is 0 Å². The van der Waals surface area contributed by atoms with Gasteiger partial charge in [0.25, 0.3) is 0 Å². The van der Waals surface area contributed by atoms with Crippen molar-refractivity contribution < 1.29 is 28.7 Å². The lowest BCUT2D eigenvalue weighted by atomic mass is 9.87. The second kappa shape index (κ2) is 13.7. The molecule has 2 aliphatic heterocycles. The molecule has 2 aromatic rings. The van der Waals surface area contributed by atoms with Crippen LogP contribution in [0.1, 0.15) is 58.1 Å². The van der Waals surface area contributed by atoms with Gasteiger partial charge in [0.15, 0.2) is 0 Å². The molecule has 1 aromatic carbocycles. The standard InChI is InChI=1S/C32H41N5O6/c1-21-11-12-26(24-13-15-36(16-14-24)31(41)42-20-23-9-7-6-8-10-23)37(19-21)29(39)28(38)34-25-17-22(2)27(33-18-25)35-30(40)43-32(3,4)5/h6-10,13,17-18,21,26H,11-12,14-16,19-20H2,1-5H3,(H,34,38)(H,33,35,40)/t21-,26+/m0/s1. The van der Waals surface area contributed by atoms with Gasteiger partial charge in [-0.1, -0.05) is 43.3 Å². The highest BCUT2D eigenvalue weighted by molar-refractivity contribution is 6.39. The summed E-state index contributed by atoms with van der Waals surface area (Å²) in [4.78, 5) is 58.8. The van der Waals surface area contributed by atoms with E-state index in [9.17, 15) is 19.2 Å². The van der Waals surface area contributed by atoms with Gasteiger partial charge in [0, 0.05) is 19.6 Å². The molecule has 1 fully saturated rings. The summed E-state index contributed by atoms with van der Waals surface area (Å²) < 4.78 is 10.7. The SMILES string of the molecule is Cc1cc(NC(=O)C(=O)N2C[C@@H](C)CC[C@@H]2C2=CCN(C(=O)OCc3ccccc3)CC2)cnc1NC(=O)OC(C)(C)C. The van der Waals surface area contributed by atoms with Gasteiger partial charge in [-0.15, -0.1) is 0 Å². The first kappa shape index (κ1) is 31.5. The molecule has 4 rings (SSSR count). The number of carbonyl (C=O) groups is 4. The Morgan fingerprint density at radius 2 is 1.81 bits per heavy atom. The first-order chi connectivity index (χ1) is 20.4. The highest BCUT2D eigenvalue weighted by Gasteiger charge is 2.36. The number of carbonyl (C=O) groups excluding carboxylic acids is 4. The van der Waals surface area contributed by atoms with E-state index in [1.54, 1.807) is 43.6 Å². The van der Waals surface area contributed by atoms with Crippen LogP contribution >= 0.6 is 0 Å². The number of hydrogen-bond donors (Lipinski definition) is 2. The van der Waals surface area contributed by atoms with E-state index in [-0.39, 0.29) is 24.7 Å². The van der Waals surface area contributed by atoms with Gasteiger partial charge in [0.2, 0.25) is 0 Å². The van der Waals surface area contributed by atoms with Crippen molar-refractivity contribution >= 4 is 35.5 Å². The molecule has 3 heterocycles. The van der Waals surface area contributed by atoms with Gasteiger partial charge < -0.3 is 24.6 Å². The lowest BCUT2D eigenvalue weighted by molar-refractivity contribution is -0.145. The average Bonchev–Trinajstić information content (AvgIpc) is 2.96. The Hall–Kier alpha value is -4.41. The number of anilines is 2. The van der Waals surface area contributed by atoms with E-state index in [2.05, 4.69) is 22.5 Å². The van der Waals surface area contributed by atoms with E-state index in [4.69, 9.17) is 9.47 Å². The number of piperidine rings is 1. The van der Waals surface area contributed by atoms with E-state index in [0.29, 0.717) is 43.1 Å². The van der Waals surface area contributed by atoms with Crippen molar-refractivity contribution in [2.75, 3.05) is 30.3 Å². The minimum absolute atomic E-state index is 0.211. The molecule has 0 unspecified atom stereocenters. The molecule has 1 aromatic heterocycles. The summed E-state index contributed by atoms with van der Waals surface area (Å²) in [6.45, 7) is 10.6. The monoisotopic (exact) mass is 591 g/mol. The van der Waals surface area contributed by atoms with Gasteiger partial charge in [0.05, 0.1) is 17.9 Å². The Morgan fingerprint density at radius 1 is 1.07 bits per heavy atom. The molecule has 43 heavy (non-hydrogen) atoms. The van der Waals surface area contributed by atoms with Crippen molar-refractivity contribution in [3.05, 3.63) is 65.4 Å². The number of amides is 4. The highest BCUT2D eigenvalue weighted by Crippen LogP contribution is 2.30. The molecule has 0 bridgehead atoms. The minimum atomic E-state index is -0.754. The van der Waals surface area contributed by atoms with Crippen LogP contribution in [-0.2, 0) is 25.7 Å². The molecule has 0 saturated carbocycles. The maximum atomic E-state index is 13.4. The summed E-state index contributed by atoms with van der Waals surface area (Å²) in [6.07, 6.45) is 4.64. The van der Waals surface area contributed by atoms with E-state index >= 15 is 0 Å². The topological polar surface area (TPSA) is 130 Å². The predicted molar refractivity (Wildman–Crippen MR) is 162 cm³/mol. The summed E-state index contributed by atoms with van der Waals surface area (Å²) in [5.74, 6) is -0.819. The van der Waals surface area contributed by atoms with E-state index in [0.717, 1.165) is 24.0 Å². The number of nitrogens with one attached hydrogen (secondary N) is 2. The zero-order chi connectivity index (χ0) is 31.1. The van der Waals surface area contributed by atoms with Gasteiger partial charge in [-0.05, 0) is 75.6 Å². The van der Waals surface area contributed by atoms with Crippen LogP contribution in [0.15, 0.2) is 54.2 Å². The molecule has 0 aliphatic carbocycles.